The van der Waals surface area contributed by atoms with Crippen LogP contribution in [0, 0.1) is 5.92 Å². The lowest BCUT2D eigenvalue weighted by Gasteiger charge is -2.49. The van der Waals surface area contributed by atoms with E-state index in [1.165, 1.54) is 6.08 Å². The molecule has 0 aromatic heterocycles. The summed E-state index contributed by atoms with van der Waals surface area (Å²) in [6.07, 6.45) is 3.03. The third kappa shape index (κ3) is 5.71. The van der Waals surface area contributed by atoms with Gasteiger partial charge in [0.1, 0.15) is 12.0 Å². The zero-order valence-corrected chi connectivity index (χ0v) is 23.6. The van der Waals surface area contributed by atoms with Crippen LogP contribution in [-0.2, 0) is 29.6 Å². The van der Waals surface area contributed by atoms with E-state index >= 15 is 0 Å². The van der Waals surface area contributed by atoms with Gasteiger partial charge in [-0.1, -0.05) is 44.2 Å². The first-order valence-electron chi connectivity index (χ1n) is 10.8. The highest BCUT2D eigenvalue weighted by molar-refractivity contribution is 8.80. The Balaban J connectivity index is 1.70. The van der Waals surface area contributed by atoms with E-state index in [1.54, 1.807) is 38.2 Å². The number of nitrogens with zero attached hydrogens (tertiary/aromatic N) is 1. The summed E-state index contributed by atoms with van der Waals surface area (Å²) in [4.78, 5) is 27.6. The van der Waals surface area contributed by atoms with Crippen molar-refractivity contribution in [1.29, 1.82) is 0 Å². The average molecular weight is 536 g/mol. The number of esters is 1. The lowest BCUT2D eigenvalue weighted by atomic mass is 9.94. The Morgan fingerprint density at radius 3 is 2.72 bits per heavy atom. The van der Waals surface area contributed by atoms with Gasteiger partial charge >= 0.3 is 5.97 Å². The van der Waals surface area contributed by atoms with Crippen molar-refractivity contribution in [3.8, 4) is 0 Å². The monoisotopic (exact) mass is 535 g/mol. The van der Waals surface area contributed by atoms with Gasteiger partial charge in [0.05, 0.1) is 10.2 Å². The van der Waals surface area contributed by atoms with Crippen LogP contribution in [0.1, 0.15) is 33.6 Å². The Morgan fingerprint density at radius 1 is 1.41 bits per heavy atom. The second-order valence-electron chi connectivity index (χ2n) is 9.64. The van der Waals surface area contributed by atoms with E-state index in [2.05, 4.69) is 40.4 Å². The molecule has 0 unspecified atom stereocenters. The molecular weight excluding hydrogens is 503 g/mol. The van der Waals surface area contributed by atoms with Crippen molar-refractivity contribution in [3.05, 3.63) is 22.6 Å². The minimum Gasteiger partial charge on any atom is -0.457 e. The Kier molecular flexibility index (Phi) is 8.74. The number of carbonyl (C=O) groups excluding carboxylic acids is 2. The zero-order valence-electron chi connectivity index (χ0n) is 19.4. The largest absolute Gasteiger partial charge is 0.457 e. The number of rotatable bonds is 9. The highest BCUT2D eigenvalue weighted by atomic mass is 33.1. The molecule has 3 aliphatic rings. The van der Waals surface area contributed by atoms with Gasteiger partial charge in [0.2, 0.25) is 5.91 Å². The van der Waals surface area contributed by atoms with Crippen molar-refractivity contribution < 1.29 is 23.0 Å². The van der Waals surface area contributed by atoms with Gasteiger partial charge < -0.3 is 9.16 Å². The lowest BCUT2D eigenvalue weighted by Crippen LogP contribution is -2.60. The number of hydrogen-bond acceptors (Lipinski definition) is 8. The van der Waals surface area contributed by atoms with Gasteiger partial charge in [-0.25, -0.2) is 4.79 Å². The van der Waals surface area contributed by atoms with Gasteiger partial charge in [0.25, 0.3) is 0 Å². The van der Waals surface area contributed by atoms with Crippen LogP contribution in [0.3, 0.4) is 0 Å². The van der Waals surface area contributed by atoms with Gasteiger partial charge in [-0.05, 0) is 41.8 Å². The predicted octanol–water partition coefficient (Wildman–Crippen LogP) is 4.73. The standard InChI is InChI=1S/C21H33NO5S4Si/c1-7-10-26-19(24)16-20(28-14-9-12-31(25)13-14)30-29-18-15(17(23)22(16)18)8-11-27-32(5,6)21(2,3)4/h7,14-15,18H,1,8-13H2,2-6H3/t14-,15-,18+,31+/m0/s1. The molecule has 0 aliphatic carbocycles. The maximum Gasteiger partial charge on any atom is 0.357 e. The molecule has 4 atom stereocenters. The normalized spacial score (nSPS) is 28.4. The molecular formula is C21H33NO5S4Si. The molecule has 180 valence electrons. The summed E-state index contributed by atoms with van der Waals surface area (Å²) in [6.45, 7) is 15.3. The minimum absolute atomic E-state index is 0.0414. The third-order valence-corrected chi connectivity index (χ3v) is 17.1. The molecule has 3 heterocycles. The molecule has 6 nitrogen and oxygen atoms in total. The molecule has 0 radical (unpaired) electrons. The minimum atomic E-state index is -1.87. The fraction of sp³-hybridized carbons (Fsp3) is 0.714. The maximum absolute atomic E-state index is 13.1. The van der Waals surface area contributed by atoms with Gasteiger partial charge in [-0.3, -0.25) is 13.9 Å². The number of ether oxygens (including phenoxy) is 1. The van der Waals surface area contributed by atoms with E-state index < -0.39 is 25.1 Å². The number of thioether (sulfide) groups is 1. The van der Waals surface area contributed by atoms with E-state index in [9.17, 15) is 13.8 Å². The number of hydrogen-bond donors (Lipinski definition) is 0. The molecule has 0 N–H and O–H groups in total. The number of amides is 1. The van der Waals surface area contributed by atoms with Crippen molar-refractivity contribution in [3.63, 3.8) is 0 Å². The van der Waals surface area contributed by atoms with E-state index in [4.69, 9.17) is 9.16 Å². The molecule has 11 heteroatoms. The summed E-state index contributed by atoms with van der Waals surface area (Å²) in [7, 11) is 0.497. The van der Waals surface area contributed by atoms with Crippen LogP contribution in [-0.4, -0.2) is 64.6 Å². The van der Waals surface area contributed by atoms with E-state index in [0.717, 1.165) is 10.7 Å². The quantitative estimate of drug-likeness (QED) is 0.138. The molecule has 0 saturated carbocycles. The van der Waals surface area contributed by atoms with E-state index in [-0.39, 0.29) is 34.1 Å². The molecule has 0 aromatic rings. The summed E-state index contributed by atoms with van der Waals surface area (Å²) < 4.78 is 24.2. The van der Waals surface area contributed by atoms with Gasteiger partial charge in [0, 0.05) is 34.2 Å². The Morgan fingerprint density at radius 2 is 2.12 bits per heavy atom. The molecule has 0 aromatic carbocycles. The highest BCUT2D eigenvalue weighted by Crippen LogP contribution is 2.57. The molecule has 3 rings (SSSR count). The highest BCUT2D eigenvalue weighted by Gasteiger charge is 2.54. The molecule has 1 amide bonds. The lowest BCUT2D eigenvalue weighted by molar-refractivity contribution is -0.154. The Labute approximate surface area is 207 Å². The van der Waals surface area contributed by atoms with Crippen LogP contribution < -0.4 is 0 Å². The summed E-state index contributed by atoms with van der Waals surface area (Å²) in [5.74, 6) is 0.624. The smallest absolute Gasteiger partial charge is 0.357 e. The van der Waals surface area contributed by atoms with Crippen molar-refractivity contribution in [1.82, 2.24) is 4.90 Å². The summed E-state index contributed by atoms with van der Waals surface area (Å²) in [5.41, 5.74) is 0.342. The van der Waals surface area contributed by atoms with E-state index in [1.807, 2.05) is 0 Å². The van der Waals surface area contributed by atoms with Crippen molar-refractivity contribution in [2.45, 2.75) is 62.4 Å². The summed E-state index contributed by atoms with van der Waals surface area (Å²) in [6, 6.07) is 0. The second kappa shape index (κ2) is 10.6. The van der Waals surface area contributed by atoms with Crippen LogP contribution in [0.2, 0.25) is 18.1 Å². The number of β-lactam (4-membered cyclic amide) rings is 1. The van der Waals surface area contributed by atoms with Crippen LogP contribution in [0.15, 0.2) is 22.6 Å². The van der Waals surface area contributed by atoms with Gasteiger partial charge in [-0.15, -0.1) is 11.8 Å². The topological polar surface area (TPSA) is 72.9 Å². The fourth-order valence-corrected chi connectivity index (χ4v) is 11.3. The first-order valence-corrected chi connectivity index (χ1v) is 18.3. The molecule has 2 saturated heterocycles. The molecule has 0 bridgehead atoms. The van der Waals surface area contributed by atoms with Gasteiger partial charge in [-0.2, -0.15) is 0 Å². The third-order valence-electron chi connectivity index (χ3n) is 6.35. The van der Waals surface area contributed by atoms with Crippen LogP contribution in [0.25, 0.3) is 0 Å². The van der Waals surface area contributed by atoms with Crippen molar-refractivity contribution in [2.24, 2.45) is 5.92 Å². The summed E-state index contributed by atoms with van der Waals surface area (Å²) in [5, 5.41) is 0.227. The van der Waals surface area contributed by atoms with Crippen LogP contribution >= 0.6 is 33.3 Å². The molecule has 2 fully saturated rings. The Hall–Kier alpha value is -0.203. The predicted molar refractivity (Wildman–Crippen MR) is 139 cm³/mol. The molecule has 32 heavy (non-hydrogen) atoms. The SMILES string of the molecule is C=CCOC(=O)C1=C(S[C@H]2CC[S@@](=O)C2)SS[C@@H]2[C@@H](CCO[Si](C)(C)C(C)(C)C)C(=O)N12. The molecule has 3 aliphatic heterocycles. The van der Waals surface area contributed by atoms with Crippen molar-refractivity contribution >= 4 is 64.3 Å². The summed E-state index contributed by atoms with van der Waals surface area (Å²) >= 11 is 1.56. The van der Waals surface area contributed by atoms with Crippen molar-refractivity contribution in [2.75, 3.05) is 24.7 Å². The maximum atomic E-state index is 13.1. The number of fused-ring (bicyclic) bond motifs is 1. The first kappa shape index (κ1) is 26.4. The zero-order chi connectivity index (χ0) is 23.7. The molecule has 0 spiro atoms. The Bertz CT molecular complexity index is 825. The van der Waals surface area contributed by atoms with Crippen LogP contribution in [0.4, 0.5) is 0 Å². The number of carbonyl (C=O) groups is 2. The van der Waals surface area contributed by atoms with Gasteiger partial charge in [0.15, 0.2) is 14.0 Å². The average Bonchev–Trinajstić information content (AvgIpc) is 3.12. The van der Waals surface area contributed by atoms with E-state index in [0.29, 0.717) is 30.2 Å². The second-order valence-corrected chi connectivity index (χ2v) is 20.0. The fourth-order valence-electron chi connectivity index (χ4n) is 3.37. The first-order chi connectivity index (χ1) is 15.0. The van der Waals surface area contributed by atoms with Crippen LogP contribution in [0.5, 0.6) is 0 Å².